The van der Waals surface area contributed by atoms with E-state index in [1.54, 1.807) is 6.92 Å². The van der Waals surface area contributed by atoms with Crippen molar-refractivity contribution in [1.29, 1.82) is 0 Å². The average molecular weight is 276 g/mol. The van der Waals surface area contributed by atoms with E-state index in [0.717, 1.165) is 37.2 Å². The third-order valence-electron chi connectivity index (χ3n) is 3.61. The summed E-state index contributed by atoms with van der Waals surface area (Å²) in [6.45, 7) is 6.58. The average Bonchev–Trinajstić information content (AvgIpc) is 2.40. The first-order chi connectivity index (χ1) is 9.54. The van der Waals surface area contributed by atoms with Crippen LogP contribution in [0.25, 0.3) is 0 Å². The number of rotatable bonds is 5. The number of anilines is 1. The summed E-state index contributed by atoms with van der Waals surface area (Å²) >= 11 is 0. The highest BCUT2D eigenvalue weighted by Gasteiger charge is 2.33. The Balaban J connectivity index is 2.28. The molecule has 20 heavy (non-hydrogen) atoms. The number of nitrogens with zero attached hydrogens (tertiary/aromatic N) is 1. The van der Waals surface area contributed by atoms with Gasteiger partial charge in [-0.25, -0.2) is 0 Å². The summed E-state index contributed by atoms with van der Waals surface area (Å²) in [5.41, 5.74) is 7.65. The Morgan fingerprint density at radius 3 is 2.75 bits per heavy atom. The van der Waals surface area contributed by atoms with Gasteiger partial charge in [0.15, 0.2) is 6.10 Å². The number of carbonyl (C=O) groups excluding carboxylic acids is 1. The standard InChI is InChI=1S/C16H24N2O2/c1-11(2)18-14-10-13(6-4-5-9-17)7-8-15(14)20-12(3)16(18)19/h7-8,10-12H,4-6,9,17H2,1-3H3. The number of ether oxygens (including phenoxy) is 1. The van der Waals surface area contributed by atoms with Gasteiger partial charge in [-0.2, -0.15) is 0 Å². The van der Waals surface area contributed by atoms with Crippen molar-refractivity contribution < 1.29 is 9.53 Å². The lowest BCUT2D eigenvalue weighted by atomic mass is 10.0. The van der Waals surface area contributed by atoms with Gasteiger partial charge in [-0.1, -0.05) is 6.07 Å². The largest absolute Gasteiger partial charge is 0.479 e. The van der Waals surface area contributed by atoms with E-state index in [1.807, 2.05) is 24.8 Å². The smallest absolute Gasteiger partial charge is 0.268 e. The predicted molar refractivity (Wildman–Crippen MR) is 81.1 cm³/mol. The van der Waals surface area contributed by atoms with Crippen LogP contribution in [0.2, 0.25) is 0 Å². The first-order valence-electron chi connectivity index (χ1n) is 7.37. The zero-order chi connectivity index (χ0) is 14.7. The second-order valence-corrected chi connectivity index (χ2v) is 5.61. The van der Waals surface area contributed by atoms with Crippen molar-refractivity contribution in [2.75, 3.05) is 11.4 Å². The SMILES string of the molecule is CC1Oc2ccc(CCCCN)cc2N(C(C)C)C1=O. The molecule has 2 N–H and O–H groups in total. The molecule has 4 nitrogen and oxygen atoms in total. The summed E-state index contributed by atoms with van der Waals surface area (Å²) in [4.78, 5) is 14.1. The molecule has 1 aromatic carbocycles. The number of aryl methyl sites for hydroxylation is 1. The van der Waals surface area contributed by atoms with Crippen LogP contribution in [0, 0.1) is 0 Å². The molecular formula is C16H24N2O2. The number of fused-ring (bicyclic) bond motifs is 1. The zero-order valence-electron chi connectivity index (χ0n) is 12.6. The normalized spacial score (nSPS) is 18.1. The van der Waals surface area contributed by atoms with Crippen LogP contribution in [-0.4, -0.2) is 24.6 Å². The van der Waals surface area contributed by atoms with Gasteiger partial charge in [-0.15, -0.1) is 0 Å². The fourth-order valence-electron chi connectivity index (χ4n) is 2.57. The van der Waals surface area contributed by atoms with Crippen molar-refractivity contribution >= 4 is 11.6 Å². The minimum Gasteiger partial charge on any atom is -0.479 e. The Morgan fingerprint density at radius 2 is 2.10 bits per heavy atom. The fraction of sp³-hybridized carbons (Fsp3) is 0.562. The molecule has 1 aromatic rings. The number of unbranched alkanes of at least 4 members (excludes halogenated alkanes) is 1. The predicted octanol–water partition coefficient (Wildman–Crippen LogP) is 2.49. The van der Waals surface area contributed by atoms with Crippen molar-refractivity contribution in [3.8, 4) is 5.75 Å². The van der Waals surface area contributed by atoms with Gasteiger partial charge in [-0.05, 0) is 64.3 Å². The summed E-state index contributed by atoms with van der Waals surface area (Å²) in [6, 6.07) is 6.27. The topological polar surface area (TPSA) is 55.6 Å². The molecule has 110 valence electrons. The monoisotopic (exact) mass is 276 g/mol. The molecule has 0 fully saturated rings. The number of carbonyl (C=O) groups is 1. The molecule has 0 bridgehead atoms. The molecule has 2 rings (SSSR count). The quantitative estimate of drug-likeness (QED) is 0.841. The zero-order valence-corrected chi connectivity index (χ0v) is 12.6. The Hall–Kier alpha value is -1.55. The van der Waals surface area contributed by atoms with Crippen LogP contribution in [0.4, 0.5) is 5.69 Å². The molecule has 0 radical (unpaired) electrons. The van der Waals surface area contributed by atoms with Crippen LogP contribution >= 0.6 is 0 Å². The van der Waals surface area contributed by atoms with Crippen molar-refractivity contribution in [3.63, 3.8) is 0 Å². The highest BCUT2D eigenvalue weighted by atomic mass is 16.5. The van der Waals surface area contributed by atoms with Crippen molar-refractivity contribution in [1.82, 2.24) is 0 Å². The van der Waals surface area contributed by atoms with Gasteiger partial charge in [-0.3, -0.25) is 4.79 Å². The lowest BCUT2D eigenvalue weighted by Gasteiger charge is -2.36. The minimum absolute atomic E-state index is 0.0339. The van der Waals surface area contributed by atoms with Crippen LogP contribution in [-0.2, 0) is 11.2 Å². The van der Waals surface area contributed by atoms with Crippen LogP contribution in [0.1, 0.15) is 39.2 Å². The first-order valence-corrected chi connectivity index (χ1v) is 7.37. The van der Waals surface area contributed by atoms with E-state index >= 15 is 0 Å². The molecule has 1 atom stereocenters. The Kier molecular flexibility index (Phi) is 4.65. The maximum Gasteiger partial charge on any atom is 0.268 e. The fourth-order valence-corrected chi connectivity index (χ4v) is 2.57. The maximum atomic E-state index is 12.3. The molecule has 0 spiro atoms. The van der Waals surface area contributed by atoms with Crippen molar-refractivity contribution in [3.05, 3.63) is 23.8 Å². The molecular weight excluding hydrogens is 252 g/mol. The van der Waals surface area contributed by atoms with E-state index in [9.17, 15) is 4.79 Å². The molecule has 1 unspecified atom stereocenters. The van der Waals surface area contributed by atoms with Crippen LogP contribution in [0.5, 0.6) is 5.75 Å². The Morgan fingerprint density at radius 1 is 1.35 bits per heavy atom. The molecule has 0 aromatic heterocycles. The molecule has 1 aliphatic rings. The molecule has 0 saturated carbocycles. The highest BCUT2D eigenvalue weighted by Crippen LogP contribution is 2.36. The van der Waals surface area contributed by atoms with Gasteiger partial charge in [0.05, 0.1) is 5.69 Å². The summed E-state index contributed by atoms with van der Waals surface area (Å²) in [7, 11) is 0. The van der Waals surface area contributed by atoms with Crippen LogP contribution in [0.3, 0.4) is 0 Å². The van der Waals surface area contributed by atoms with Crippen molar-refractivity contribution in [2.45, 2.75) is 52.2 Å². The second kappa shape index (κ2) is 6.27. The molecule has 0 aliphatic carbocycles. The third-order valence-corrected chi connectivity index (χ3v) is 3.61. The lowest BCUT2D eigenvalue weighted by molar-refractivity contribution is -0.125. The number of hydrogen-bond donors (Lipinski definition) is 1. The highest BCUT2D eigenvalue weighted by molar-refractivity contribution is 6.00. The van der Waals surface area contributed by atoms with Crippen LogP contribution in [0.15, 0.2) is 18.2 Å². The molecule has 1 aliphatic heterocycles. The Bertz CT molecular complexity index is 485. The van der Waals surface area contributed by atoms with E-state index in [2.05, 4.69) is 12.1 Å². The maximum absolute atomic E-state index is 12.3. The second-order valence-electron chi connectivity index (χ2n) is 5.61. The molecule has 0 saturated heterocycles. The van der Waals surface area contributed by atoms with Gasteiger partial charge in [0, 0.05) is 6.04 Å². The number of amides is 1. The number of nitrogens with two attached hydrogens (primary N) is 1. The summed E-state index contributed by atoms with van der Waals surface area (Å²) in [5.74, 6) is 0.833. The molecule has 4 heteroatoms. The molecule has 1 heterocycles. The summed E-state index contributed by atoms with van der Waals surface area (Å²) < 4.78 is 5.69. The van der Waals surface area contributed by atoms with Gasteiger partial charge in [0.1, 0.15) is 5.75 Å². The summed E-state index contributed by atoms with van der Waals surface area (Å²) in [5, 5.41) is 0. The van der Waals surface area contributed by atoms with E-state index in [0.29, 0.717) is 0 Å². The minimum atomic E-state index is -0.409. The van der Waals surface area contributed by atoms with E-state index in [-0.39, 0.29) is 11.9 Å². The van der Waals surface area contributed by atoms with Gasteiger partial charge in [0.2, 0.25) is 0 Å². The van der Waals surface area contributed by atoms with E-state index < -0.39 is 6.10 Å². The number of benzene rings is 1. The number of hydrogen-bond acceptors (Lipinski definition) is 3. The van der Waals surface area contributed by atoms with Crippen molar-refractivity contribution in [2.24, 2.45) is 5.73 Å². The Labute approximate surface area is 120 Å². The van der Waals surface area contributed by atoms with E-state index in [4.69, 9.17) is 10.5 Å². The summed E-state index contributed by atoms with van der Waals surface area (Å²) in [6.07, 6.45) is 2.67. The van der Waals surface area contributed by atoms with Gasteiger partial charge >= 0.3 is 0 Å². The first kappa shape index (κ1) is 14.9. The molecule has 1 amide bonds. The lowest BCUT2D eigenvalue weighted by Crippen LogP contribution is -2.47. The van der Waals surface area contributed by atoms with E-state index in [1.165, 1.54) is 5.56 Å². The third kappa shape index (κ3) is 2.96. The van der Waals surface area contributed by atoms with Crippen LogP contribution < -0.4 is 15.4 Å². The van der Waals surface area contributed by atoms with Gasteiger partial charge < -0.3 is 15.4 Å². The van der Waals surface area contributed by atoms with Gasteiger partial charge in [0.25, 0.3) is 5.91 Å².